The number of ether oxygens (including phenoxy) is 2. The van der Waals surface area contributed by atoms with Crippen molar-refractivity contribution in [3.8, 4) is 11.5 Å². The molecule has 0 spiro atoms. The van der Waals surface area contributed by atoms with E-state index in [2.05, 4.69) is 20.6 Å². The van der Waals surface area contributed by atoms with E-state index in [0.717, 1.165) is 22.8 Å². The van der Waals surface area contributed by atoms with E-state index < -0.39 is 0 Å². The van der Waals surface area contributed by atoms with E-state index in [4.69, 9.17) is 9.47 Å². The van der Waals surface area contributed by atoms with Gasteiger partial charge in [-0.2, -0.15) is 4.98 Å². The van der Waals surface area contributed by atoms with Crippen molar-refractivity contribution in [2.24, 2.45) is 0 Å². The highest BCUT2D eigenvalue weighted by atomic mass is 16.5. The zero-order valence-electron chi connectivity index (χ0n) is 15.9. The molecule has 3 rings (SSSR count). The molecule has 7 nitrogen and oxygen atoms in total. The monoisotopic (exact) mass is 365 g/mol. The number of hydrogen-bond donors (Lipinski definition) is 2. The topological polar surface area (TPSA) is 71.5 Å². The normalized spacial score (nSPS) is 10.2. The summed E-state index contributed by atoms with van der Waals surface area (Å²) < 4.78 is 10.7. The Labute approximate surface area is 159 Å². The number of aromatic nitrogens is 2. The third-order valence-corrected chi connectivity index (χ3v) is 3.96. The Hall–Kier alpha value is -3.48. The van der Waals surface area contributed by atoms with E-state index in [9.17, 15) is 0 Å². The molecule has 0 amide bonds. The van der Waals surface area contributed by atoms with Crippen molar-refractivity contribution in [3.05, 3.63) is 54.7 Å². The van der Waals surface area contributed by atoms with Crippen LogP contribution in [-0.4, -0.2) is 38.3 Å². The maximum absolute atomic E-state index is 5.39. The van der Waals surface area contributed by atoms with E-state index in [-0.39, 0.29) is 0 Å². The summed E-state index contributed by atoms with van der Waals surface area (Å²) in [5.74, 6) is 2.57. The second-order valence-electron chi connectivity index (χ2n) is 6.02. The predicted octanol–water partition coefficient (Wildman–Crippen LogP) is 4.05. The van der Waals surface area contributed by atoms with Gasteiger partial charge in [0.05, 0.1) is 19.9 Å². The summed E-state index contributed by atoms with van der Waals surface area (Å²) in [7, 11) is 7.26. The fraction of sp³-hybridized carbons (Fsp3) is 0.200. The molecule has 0 aliphatic carbocycles. The number of benzene rings is 2. The summed E-state index contributed by atoms with van der Waals surface area (Å²) in [5.41, 5.74) is 2.80. The van der Waals surface area contributed by atoms with Gasteiger partial charge in [-0.15, -0.1) is 0 Å². The molecular weight excluding hydrogens is 342 g/mol. The first-order valence-electron chi connectivity index (χ1n) is 8.45. The molecule has 0 saturated heterocycles. The minimum absolute atomic E-state index is 0.500. The Kier molecular flexibility index (Phi) is 5.61. The third-order valence-electron chi connectivity index (χ3n) is 3.96. The fourth-order valence-electron chi connectivity index (χ4n) is 2.51. The smallest absolute Gasteiger partial charge is 0.229 e. The first kappa shape index (κ1) is 18.3. The average molecular weight is 365 g/mol. The lowest BCUT2D eigenvalue weighted by Crippen LogP contribution is -2.08. The lowest BCUT2D eigenvalue weighted by Gasteiger charge is -2.14. The van der Waals surface area contributed by atoms with Gasteiger partial charge >= 0.3 is 0 Å². The molecule has 27 heavy (non-hydrogen) atoms. The van der Waals surface area contributed by atoms with Crippen molar-refractivity contribution < 1.29 is 9.47 Å². The van der Waals surface area contributed by atoms with Crippen molar-refractivity contribution in [2.75, 3.05) is 43.8 Å². The van der Waals surface area contributed by atoms with Crippen LogP contribution in [0.2, 0.25) is 0 Å². The molecule has 1 heterocycles. The second-order valence-corrected chi connectivity index (χ2v) is 6.02. The molecule has 0 bridgehead atoms. The van der Waals surface area contributed by atoms with Gasteiger partial charge < -0.3 is 25.0 Å². The van der Waals surface area contributed by atoms with Gasteiger partial charge in [-0.05, 0) is 42.5 Å². The van der Waals surface area contributed by atoms with Gasteiger partial charge in [-0.25, -0.2) is 4.98 Å². The highest BCUT2D eigenvalue weighted by Gasteiger charge is 2.07. The zero-order valence-corrected chi connectivity index (χ0v) is 15.9. The molecule has 0 fully saturated rings. The Morgan fingerprint density at radius 1 is 0.889 bits per heavy atom. The molecular formula is C20H23N5O2. The van der Waals surface area contributed by atoms with Gasteiger partial charge in [-0.1, -0.05) is 0 Å². The largest absolute Gasteiger partial charge is 0.497 e. The van der Waals surface area contributed by atoms with Gasteiger partial charge in [0.2, 0.25) is 5.95 Å². The van der Waals surface area contributed by atoms with Crippen LogP contribution in [0.15, 0.2) is 54.7 Å². The van der Waals surface area contributed by atoms with E-state index in [1.807, 2.05) is 61.5 Å². The predicted molar refractivity (Wildman–Crippen MR) is 109 cm³/mol. The summed E-state index contributed by atoms with van der Waals surface area (Å²) in [5, 5.41) is 6.46. The molecule has 140 valence electrons. The van der Waals surface area contributed by atoms with Crippen molar-refractivity contribution in [3.63, 3.8) is 0 Å². The number of methoxy groups -OCH3 is 2. The molecule has 2 N–H and O–H groups in total. The summed E-state index contributed by atoms with van der Waals surface area (Å²) in [4.78, 5) is 10.8. The first-order valence-corrected chi connectivity index (χ1v) is 8.45. The Balaban J connectivity index is 1.78. The quantitative estimate of drug-likeness (QED) is 0.654. The van der Waals surface area contributed by atoms with E-state index in [1.54, 1.807) is 26.5 Å². The third kappa shape index (κ3) is 4.58. The van der Waals surface area contributed by atoms with Crippen LogP contribution in [0.4, 0.5) is 28.8 Å². The SMILES string of the molecule is COc1ccc(OC)c(Nc2ccnc(Nc3ccc(N(C)C)cc3)n2)c1. The molecule has 0 unspecified atom stereocenters. The molecule has 0 radical (unpaired) electrons. The lowest BCUT2D eigenvalue weighted by molar-refractivity contribution is 0.405. The zero-order chi connectivity index (χ0) is 19.2. The van der Waals surface area contributed by atoms with Crippen LogP contribution >= 0.6 is 0 Å². The summed E-state index contributed by atoms with van der Waals surface area (Å²) in [6.07, 6.45) is 1.69. The number of nitrogens with zero attached hydrogens (tertiary/aromatic N) is 3. The van der Waals surface area contributed by atoms with Gasteiger partial charge in [0, 0.05) is 37.7 Å². The van der Waals surface area contributed by atoms with Gasteiger partial charge in [0.15, 0.2) is 0 Å². The minimum atomic E-state index is 0.500. The highest BCUT2D eigenvalue weighted by Crippen LogP contribution is 2.31. The molecule has 0 aliphatic heterocycles. The average Bonchev–Trinajstić information content (AvgIpc) is 2.68. The summed E-state index contributed by atoms with van der Waals surface area (Å²) in [6.45, 7) is 0. The maximum Gasteiger partial charge on any atom is 0.229 e. The molecule has 3 aromatic rings. The summed E-state index contributed by atoms with van der Waals surface area (Å²) in [6, 6.07) is 15.4. The Bertz CT molecular complexity index is 897. The van der Waals surface area contributed by atoms with Crippen LogP contribution in [0.3, 0.4) is 0 Å². The van der Waals surface area contributed by atoms with Crippen LogP contribution in [-0.2, 0) is 0 Å². The van der Waals surface area contributed by atoms with Crippen LogP contribution in [0.25, 0.3) is 0 Å². The van der Waals surface area contributed by atoms with E-state index in [1.165, 1.54) is 0 Å². The standard InChI is InChI=1S/C20H23N5O2/c1-25(2)15-7-5-14(6-8-15)22-20-21-12-11-19(24-20)23-17-13-16(26-3)9-10-18(17)27-4/h5-13H,1-4H3,(H2,21,22,23,24). The molecule has 7 heteroatoms. The first-order chi connectivity index (χ1) is 13.1. The molecule has 2 aromatic carbocycles. The van der Waals surface area contributed by atoms with Crippen molar-refractivity contribution in [1.82, 2.24) is 9.97 Å². The van der Waals surface area contributed by atoms with Gasteiger partial charge in [-0.3, -0.25) is 0 Å². The number of anilines is 5. The fourth-order valence-corrected chi connectivity index (χ4v) is 2.51. The highest BCUT2D eigenvalue weighted by molar-refractivity contribution is 5.67. The molecule has 0 atom stereocenters. The van der Waals surface area contributed by atoms with Gasteiger partial charge in [0.25, 0.3) is 0 Å². The lowest BCUT2D eigenvalue weighted by atomic mass is 10.2. The van der Waals surface area contributed by atoms with E-state index in [0.29, 0.717) is 17.5 Å². The second kappa shape index (κ2) is 8.27. The van der Waals surface area contributed by atoms with Crippen molar-refractivity contribution in [1.29, 1.82) is 0 Å². The van der Waals surface area contributed by atoms with Crippen LogP contribution in [0.5, 0.6) is 11.5 Å². The van der Waals surface area contributed by atoms with Crippen LogP contribution in [0.1, 0.15) is 0 Å². The number of hydrogen-bond acceptors (Lipinski definition) is 7. The van der Waals surface area contributed by atoms with Crippen LogP contribution in [0, 0.1) is 0 Å². The van der Waals surface area contributed by atoms with Crippen molar-refractivity contribution in [2.45, 2.75) is 0 Å². The molecule has 0 aliphatic rings. The molecule has 0 saturated carbocycles. The van der Waals surface area contributed by atoms with Crippen LogP contribution < -0.4 is 25.0 Å². The number of nitrogens with one attached hydrogen (secondary N) is 2. The Morgan fingerprint density at radius 2 is 1.67 bits per heavy atom. The van der Waals surface area contributed by atoms with E-state index >= 15 is 0 Å². The molecule has 1 aromatic heterocycles. The van der Waals surface area contributed by atoms with Crippen molar-refractivity contribution >= 4 is 28.8 Å². The number of rotatable bonds is 7. The Morgan fingerprint density at radius 3 is 2.33 bits per heavy atom. The minimum Gasteiger partial charge on any atom is -0.497 e. The van der Waals surface area contributed by atoms with Gasteiger partial charge in [0.1, 0.15) is 17.3 Å². The summed E-state index contributed by atoms with van der Waals surface area (Å²) >= 11 is 0. The maximum atomic E-state index is 5.39.